The maximum atomic E-state index is 11.7. The summed E-state index contributed by atoms with van der Waals surface area (Å²) in [5, 5.41) is 0. The van der Waals surface area contributed by atoms with Crippen LogP contribution in [0.4, 0.5) is 0 Å². The first-order valence-electron chi connectivity index (χ1n) is 5.96. The van der Waals surface area contributed by atoms with E-state index in [9.17, 15) is 8.42 Å². The van der Waals surface area contributed by atoms with Crippen molar-refractivity contribution in [2.45, 2.75) is 13.5 Å². The molecule has 106 valence electrons. The summed E-state index contributed by atoms with van der Waals surface area (Å²) in [5.74, 6) is 1.37. The fourth-order valence-corrected chi connectivity index (χ4v) is 2.32. The third-order valence-corrected chi connectivity index (χ3v) is 4.40. The number of hydrogen-bond donors (Lipinski definition) is 1. The highest BCUT2D eigenvalue weighted by Crippen LogP contribution is 2.32. The van der Waals surface area contributed by atoms with Gasteiger partial charge in [0, 0.05) is 20.6 Å². The summed E-state index contributed by atoms with van der Waals surface area (Å²) >= 11 is 0. The third-order valence-electron chi connectivity index (χ3n) is 2.93. The maximum Gasteiger partial charge on any atom is 0.279 e. The molecule has 1 aliphatic heterocycles. The van der Waals surface area contributed by atoms with Gasteiger partial charge in [-0.25, -0.2) is 0 Å². The molecule has 0 bridgehead atoms. The average molecular weight is 286 g/mol. The van der Waals surface area contributed by atoms with Gasteiger partial charge in [-0.05, 0) is 30.2 Å². The van der Waals surface area contributed by atoms with E-state index in [-0.39, 0.29) is 6.54 Å². The van der Waals surface area contributed by atoms with Gasteiger partial charge in [-0.1, -0.05) is 0 Å². The highest BCUT2D eigenvalue weighted by atomic mass is 32.2. The van der Waals surface area contributed by atoms with Gasteiger partial charge < -0.3 is 9.47 Å². The molecule has 1 N–H and O–H groups in total. The van der Waals surface area contributed by atoms with E-state index in [1.54, 1.807) is 0 Å². The standard InChI is InChI=1S/C12H18N2O4S/c1-9-6-11-12(18-5-4-17-11)7-10(9)8-13-19(15,16)14(2)3/h6-7,13H,4-5,8H2,1-3H3. The van der Waals surface area contributed by atoms with Gasteiger partial charge in [-0.3, -0.25) is 0 Å². The molecule has 7 heteroatoms. The van der Waals surface area contributed by atoms with Gasteiger partial charge in [0.1, 0.15) is 13.2 Å². The van der Waals surface area contributed by atoms with Crippen LogP contribution < -0.4 is 14.2 Å². The largest absolute Gasteiger partial charge is 0.486 e. The molecule has 0 unspecified atom stereocenters. The number of ether oxygens (including phenoxy) is 2. The summed E-state index contributed by atoms with van der Waals surface area (Å²) in [5.41, 5.74) is 1.83. The number of hydrogen-bond acceptors (Lipinski definition) is 4. The molecule has 0 saturated heterocycles. The van der Waals surface area contributed by atoms with Gasteiger partial charge in [-0.15, -0.1) is 0 Å². The lowest BCUT2D eigenvalue weighted by molar-refractivity contribution is 0.171. The second-order valence-electron chi connectivity index (χ2n) is 4.53. The minimum absolute atomic E-state index is 0.225. The van der Waals surface area contributed by atoms with Crippen LogP contribution in [0.3, 0.4) is 0 Å². The van der Waals surface area contributed by atoms with Crippen molar-refractivity contribution >= 4 is 10.2 Å². The summed E-state index contributed by atoms with van der Waals surface area (Å²) in [7, 11) is -0.453. The van der Waals surface area contributed by atoms with Crippen LogP contribution in [0.25, 0.3) is 0 Å². The lowest BCUT2D eigenvalue weighted by atomic mass is 10.1. The topological polar surface area (TPSA) is 67.9 Å². The molecule has 1 aromatic rings. The van der Waals surface area contributed by atoms with Gasteiger partial charge in [0.2, 0.25) is 0 Å². The minimum Gasteiger partial charge on any atom is -0.486 e. The SMILES string of the molecule is Cc1cc2c(cc1CNS(=O)(=O)N(C)C)OCCO2. The first kappa shape index (κ1) is 14.1. The molecule has 0 amide bonds. The molecule has 1 heterocycles. The summed E-state index contributed by atoms with van der Waals surface area (Å²) in [6.07, 6.45) is 0. The summed E-state index contributed by atoms with van der Waals surface area (Å²) in [4.78, 5) is 0. The molecule has 0 radical (unpaired) electrons. The molecule has 6 nitrogen and oxygen atoms in total. The highest BCUT2D eigenvalue weighted by Gasteiger charge is 2.17. The average Bonchev–Trinajstić information content (AvgIpc) is 2.36. The van der Waals surface area contributed by atoms with Gasteiger partial charge in [0.25, 0.3) is 10.2 Å². The quantitative estimate of drug-likeness (QED) is 0.883. The Morgan fingerprint density at radius 3 is 2.37 bits per heavy atom. The Kier molecular flexibility index (Phi) is 3.98. The van der Waals surface area contributed by atoms with Crippen molar-refractivity contribution in [3.05, 3.63) is 23.3 Å². The maximum absolute atomic E-state index is 11.7. The van der Waals surface area contributed by atoms with E-state index in [1.165, 1.54) is 14.1 Å². The van der Waals surface area contributed by atoms with Crippen molar-refractivity contribution in [3.63, 3.8) is 0 Å². The Morgan fingerprint density at radius 1 is 1.21 bits per heavy atom. The van der Waals surface area contributed by atoms with Gasteiger partial charge in [0.05, 0.1) is 0 Å². The number of benzene rings is 1. The lowest BCUT2D eigenvalue weighted by Gasteiger charge is -2.20. The zero-order chi connectivity index (χ0) is 14.0. The van der Waals surface area contributed by atoms with Crippen LogP contribution in [0.5, 0.6) is 11.5 Å². The lowest BCUT2D eigenvalue weighted by Crippen LogP contribution is -2.35. The second-order valence-corrected chi connectivity index (χ2v) is 6.50. The van der Waals surface area contributed by atoms with E-state index >= 15 is 0 Å². The van der Waals surface area contributed by atoms with Crippen LogP contribution >= 0.6 is 0 Å². The summed E-state index contributed by atoms with van der Waals surface area (Å²) in [6, 6.07) is 3.69. The van der Waals surface area contributed by atoms with Gasteiger partial charge in [0.15, 0.2) is 11.5 Å². The van der Waals surface area contributed by atoms with Gasteiger partial charge in [-0.2, -0.15) is 17.4 Å². The zero-order valence-electron chi connectivity index (χ0n) is 11.3. The number of nitrogens with one attached hydrogen (secondary N) is 1. The first-order valence-corrected chi connectivity index (χ1v) is 7.40. The summed E-state index contributed by atoms with van der Waals surface area (Å²) in [6.45, 7) is 3.19. The van der Waals surface area contributed by atoms with Crippen molar-refractivity contribution in [1.82, 2.24) is 9.03 Å². The van der Waals surface area contributed by atoms with Crippen molar-refractivity contribution in [1.29, 1.82) is 0 Å². The van der Waals surface area contributed by atoms with Crippen LogP contribution in [-0.2, 0) is 16.8 Å². The third kappa shape index (κ3) is 3.17. The fraction of sp³-hybridized carbons (Fsp3) is 0.500. The number of fused-ring (bicyclic) bond motifs is 1. The summed E-state index contributed by atoms with van der Waals surface area (Å²) < 4.78 is 37.9. The molecular weight excluding hydrogens is 268 g/mol. The molecule has 0 fully saturated rings. The van der Waals surface area contributed by atoms with E-state index in [1.807, 2.05) is 19.1 Å². The molecule has 19 heavy (non-hydrogen) atoms. The molecule has 0 saturated carbocycles. The normalized spacial score (nSPS) is 14.7. The number of rotatable bonds is 4. The van der Waals surface area contributed by atoms with Crippen LogP contribution in [0.15, 0.2) is 12.1 Å². The van der Waals surface area contributed by atoms with Crippen LogP contribution in [-0.4, -0.2) is 40.0 Å². The smallest absolute Gasteiger partial charge is 0.279 e. The highest BCUT2D eigenvalue weighted by molar-refractivity contribution is 7.87. The molecule has 0 aliphatic carbocycles. The van der Waals surface area contributed by atoms with Crippen molar-refractivity contribution in [2.24, 2.45) is 0 Å². The van der Waals surface area contributed by atoms with Crippen LogP contribution in [0.2, 0.25) is 0 Å². The Labute approximate surface area is 113 Å². The van der Waals surface area contributed by atoms with Crippen LogP contribution in [0, 0.1) is 6.92 Å². The predicted octanol–water partition coefficient (Wildman–Crippen LogP) is 0.662. The second kappa shape index (κ2) is 5.36. The van der Waals surface area contributed by atoms with E-state index in [4.69, 9.17) is 9.47 Å². The molecule has 2 rings (SSSR count). The van der Waals surface area contributed by atoms with E-state index < -0.39 is 10.2 Å². The van der Waals surface area contributed by atoms with Crippen molar-refractivity contribution < 1.29 is 17.9 Å². The van der Waals surface area contributed by atoms with Gasteiger partial charge >= 0.3 is 0 Å². The molecule has 0 atom stereocenters. The van der Waals surface area contributed by atoms with E-state index in [0.717, 1.165) is 15.4 Å². The molecular formula is C12H18N2O4S. The van der Waals surface area contributed by atoms with Crippen molar-refractivity contribution in [2.75, 3.05) is 27.3 Å². The van der Waals surface area contributed by atoms with E-state index in [0.29, 0.717) is 24.7 Å². The predicted molar refractivity (Wildman–Crippen MR) is 71.6 cm³/mol. The minimum atomic E-state index is -3.42. The Balaban J connectivity index is 2.17. The fourth-order valence-electron chi connectivity index (χ4n) is 1.72. The van der Waals surface area contributed by atoms with Crippen LogP contribution in [0.1, 0.15) is 11.1 Å². The first-order chi connectivity index (χ1) is 8.90. The Bertz CT molecular complexity index is 569. The van der Waals surface area contributed by atoms with Crippen molar-refractivity contribution in [3.8, 4) is 11.5 Å². The molecule has 1 aliphatic rings. The molecule has 1 aromatic carbocycles. The van der Waals surface area contributed by atoms with E-state index in [2.05, 4.69) is 4.72 Å². The molecule has 0 aromatic heterocycles. The number of aryl methyl sites for hydroxylation is 1. The Hall–Kier alpha value is -1.31. The zero-order valence-corrected chi connectivity index (χ0v) is 12.1. The Morgan fingerprint density at radius 2 is 1.79 bits per heavy atom. The monoisotopic (exact) mass is 286 g/mol. The molecule has 0 spiro atoms. The number of nitrogens with zero attached hydrogens (tertiary/aromatic N) is 1.